The minimum atomic E-state index is -4.25. The van der Waals surface area contributed by atoms with Gasteiger partial charge in [-0.15, -0.1) is 0 Å². The summed E-state index contributed by atoms with van der Waals surface area (Å²) in [6.45, 7) is 3.95. The summed E-state index contributed by atoms with van der Waals surface area (Å²) in [4.78, 5) is 29.5. The van der Waals surface area contributed by atoms with Crippen molar-refractivity contribution in [1.29, 1.82) is 0 Å². The number of anilines is 1. The highest BCUT2D eigenvalue weighted by molar-refractivity contribution is 9.10. The molecule has 1 unspecified atom stereocenters. The monoisotopic (exact) mass is 709 g/mol. The van der Waals surface area contributed by atoms with Crippen LogP contribution in [0.3, 0.4) is 0 Å². The van der Waals surface area contributed by atoms with E-state index in [0.29, 0.717) is 35.4 Å². The minimum Gasteiger partial charge on any atom is -0.494 e. The fraction of sp³-hybridized carbons (Fsp3) is 0.257. The van der Waals surface area contributed by atoms with Gasteiger partial charge >= 0.3 is 0 Å². The number of amides is 2. The third-order valence-corrected chi connectivity index (χ3v) is 9.52. The molecule has 0 heterocycles. The van der Waals surface area contributed by atoms with Crippen LogP contribution in [0.4, 0.5) is 10.1 Å². The molecule has 2 amide bonds. The molecule has 46 heavy (non-hydrogen) atoms. The van der Waals surface area contributed by atoms with Gasteiger partial charge in [0.15, 0.2) is 0 Å². The Balaban J connectivity index is 1.79. The maximum Gasteiger partial charge on any atom is 0.264 e. The third-order valence-electron chi connectivity index (χ3n) is 7.20. The van der Waals surface area contributed by atoms with Gasteiger partial charge in [-0.25, -0.2) is 12.8 Å². The topological polar surface area (TPSA) is 96.0 Å². The van der Waals surface area contributed by atoms with Crippen LogP contribution >= 0.6 is 15.9 Å². The van der Waals surface area contributed by atoms with Gasteiger partial charge in [-0.1, -0.05) is 65.3 Å². The molecule has 0 aliphatic heterocycles. The number of halogens is 2. The first-order chi connectivity index (χ1) is 22.1. The zero-order valence-electron chi connectivity index (χ0n) is 25.7. The van der Waals surface area contributed by atoms with E-state index in [-0.39, 0.29) is 29.5 Å². The number of ether oxygens (including phenoxy) is 1. The largest absolute Gasteiger partial charge is 0.494 e. The van der Waals surface area contributed by atoms with E-state index in [1.54, 1.807) is 48.5 Å². The zero-order valence-corrected chi connectivity index (χ0v) is 28.1. The van der Waals surface area contributed by atoms with Crippen molar-refractivity contribution in [2.75, 3.05) is 24.0 Å². The van der Waals surface area contributed by atoms with E-state index in [4.69, 9.17) is 4.74 Å². The van der Waals surface area contributed by atoms with Crippen LogP contribution in [-0.4, -0.2) is 50.9 Å². The van der Waals surface area contributed by atoms with Crippen LogP contribution in [0, 0.1) is 5.82 Å². The lowest BCUT2D eigenvalue weighted by atomic mass is 10.0. The lowest BCUT2D eigenvalue weighted by Crippen LogP contribution is -2.53. The van der Waals surface area contributed by atoms with Gasteiger partial charge in [0.25, 0.3) is 10.0 Å². The van der Waals surface area contributed by atoms with Crippen LogP contribution in [0.25, 0.3) is 0 Å². The van der Waals surface area contributed by atoms with Crippen molar-refractivity contribution in [2.24, 2.45) is 0 Å². The van der Waals surface area contributed by atoms with Crippen molar-refractivity contribution in [1.82, 2.24) is 10.2 Å². The van der Waals surface area contributed by atoms with E-state index >= 15 is 0 Å². The van der Waals surface area contributed by atoms with Gasteiger partial charge in [-0.05, 0) is 85.1 Å². The molecule has 4 aromatic carbocycles. The van der Waals surface area contributed by atoms with Crippen molar-refractivity contribution < 1.29 is 27.1 Å². The smallest absolute Gasteiger partial charge is 0.264 e. The molecule has 0 saturated carbocycles. The number of carbonyl (C=O) groups excluding carboxylic acids is 2. The van der Waals surface area contributed by atoms with Crippen molar-refractivity contribution in [3.8, 4) is 5.75 Å². The number of nitrogens with one attached hydrogen (secondary N) is 1. The first-order valence-corrected chi connectivity index (χ1v) is 17.2. The van der Waals surface area contributed by atoms with Crippen molar-refractivity contribution in [3.05, 3.63) is 125 Å². The van der Waals surface area contributed by atoms with Gasteiger partial charge in [0.05, 0.1) is 17.2 Å². The molecule has 0 spiro atoms. The minimum absolute atomic E-state index is 0.0102. The quantitative estimate of drug-likeness (QED) is 0.155. The van der Waals surface area contributed by atoms with E-state index in [1.165, 1.54) is 29.2 Å². The maximum atomic E-state index is 14.4. The summed E-state index contributed by atoms with van der Waals surface area (Å²) >= 11 is 3.34. The van der Waals surface area contributed by atoms with Gasteiger partial charge in [0.2, 0.25) is 11.8 Å². The molecule has 4 aromatic rings. The van der Waals surface area contributed by atoms with Crippen LogP contribution in [0.5, 0.6) is 5.75 Å². The highest BCUT2D eigenvalue weighted by Gasteiger charge is 2.34. The Morgan fingerprint density at radius 2 is 1.52 bits per heavy atom. The molecule has 0 aromatic heterocycles. The predicted molar refractivity (Wildman–Crippen MR) is 180 cm³/mol. The van der Waals surface area contributed by atoms with E-state index in [1.807, 2.05) is 44.2 Å². The van der Waals surface area contributed by atoms with Gasteiger partial charge in [0.1, 0.15) is 24.2 Å². The van der Waals surface area contributed by atoms with E-state index in [9.17, 15) is 22.4 Å². The average molecular weight is 711 g/mol. The molecular weight excluding hydrogens is 673 g/mol. The number of hydrogen-bond donors (Lipinski definition) is 1. The highest BCUT2D eigenvalue weighted by Crippen LogP contribution is 2.28. The molecule has 242 valence electrons. The van der Waals surface area contributed by atoms with E-state index in [2.05, 4.69) is 21.2 Å². The molecule has 0 saturated heterocycles. The van der Waals surface area contributed by atoms with Crippen molar-refractivity contribution >= 4 is 43.5 Å². The number of sulfonamides is 1. The highest BCUT2D eigenvalue weighted by atomic mass is 79.9. The summed E-state index contributed by atoms with van der Waals surface area (Å²) in [7, 11) is -4.25. The Bertz CT molecular complexity index is 1690. The molecule has 4 rings (SSSR count). The maximum absolute atomic E-state index is 14.4. The van der Waals surface area contributed by atoms with Crippen LogP contribution in [0.2, 0.25) is 0 Å². The number of benzene rings is 4. The Hall–Kier alpha value is -4.22. The van der Waals surface area contributed by atoms with Crippen molar-refractivity contribution in [2.45, 2.75) is 44.2 Å². The number of rotatable bonds is 15. The summed E-state index contributed by atoms with van der Waals surface area (Å²) in [5.41, 5.74) is 1.65. The van der Waals surface area contributed by atoms with E-state index in [0.717, 1.165) is 9.87 Å². The number of nitrogens with zero attached hydrogens (tertiary/aromatic N) is 2. The van der Waals surface area contributed by atoms with Crippen molar-refractivity contribution in [3.63, 3.8) is 0 Å². The lowest BCUT2D eigenvalue weighted by Gasteiger charge is -2.34. The standard InChI is InChI=1S/C35H37BrFN3O5S/c1-3-22-38-35(42)33(23-26-8-6-5-7-9-26)39(24-27-10-14-29(37)15-11-27)34(41)25-40(30-16-18-31(19-17-30)45-4-2)46(43,44)32-20-12-28(36)13-21-32/h5-21,33H,3-4,22-25H2,1-2H3,(H,38,42). The molecule has 8 nitrogen and oxygen atoms in total. The summed E-state index contributed by atoms with van der Waals surface area (Å²) in [5.74, 6) is -0.867. The molecule has 0 bridgehead atoms. The second-order valence-corrected chi connectivity index (χ2v) is 13.3. The Morgan fingerprint density at radius 1 is 0.870 bits per heavy atom. The predicted octanol–water partition coefficient (Wildman–Crippen LogP) is 6.35. The third kappa shape index (κ3) is 9.17. The summed E-state index contributed by atoms with van der Waals surface area (Å²) in [6, 6.07) is 26.5. The van der Waals surface area contributed by atoms with Gasteiger partial charge in [-0.3, -0.25) is 13.9 Å². The lowest BCUT2D eigenvalue weighted by molar-refractivity contribution is -0.140. The second-order valence-electron chi connectivity index (χ2n) is 10.5. The Labute approximate surface area is 278 Å². The molecule has 11 heteroatoms. The van der Waals surface area contributed by atoms with Crippen LogP contribution in [0.15, 0.2) is 112 Å². The molecule has 0 fully saturated rings. The fourth-order valence-corrected chi connectivity index (χ4v) is 6.52. The molecule has 1 N–H and O–H groups in total. The van der Waals surface area contributed by atoms with Gasteiger partial charge in [0, 0.05) is 24.0 Å². The number of hydrogen-bond acceptors (Lipinski definition) is 5. The van der Waals surface area contributed by atoms with Gasteiger partial charge < -0.3 is 15.0 Å². The fourth-order valence-electron chi connectivity index (χ4n) is 4.84. The van der Waals surface area contributed by atoms with Crippen LogP contribution in [0.1, 0.15) is 31.4 Å². The first-order valence-electron chi connectivity index (χ1n) is 15.0. The summed E-state index contributed by atoms with van der Waals surface area (Å²) < 4.78 is 49.4. The molecule has 0 aliphatic carbocycles. The molecule has 0 aliphatic rings. The molecular formula is C35H37BrFN3O5S. The zero-order chi connectivity index (χ0) is 33.1. The second kappa shape index (κ2) is 16.4. The Kier molecular flexibility index (Phi) is 12.3. The normalized spacial score (nSPS) is 11.8. The van der Waals surface area contributed by atoms with Crippen LogP contribution < -0.4 is 14.4 Å². The van der Waals surface area contributed by atoms with Gasteiger partial charge in [-0.2, -0.15) is 0 Å². The molecule has 0 radical (unpaired) electrons. The number of carbonyl (C=O) groups is 2. The first kappa shape index (κ1) is 34.6. The van der Waals surface area contributed by atoms with E-state index < -0.39 is 34.3 Å². The molecule has 1 atom stereocenters. The van der Waals surface area contributed by atoms with Crippen LogP contribution in [-0.2, 0) is 32.6 Å². The SMILES string of the molecule is CCCNC(=O)C(Cc1ccccc1)N(Cc1ccc(F)cc1)C(=O)CN(c1ccc(OCC)cc1)S(=O)(=O)c1ccc(Br)cc1. The summed E-state index contributed by atoms with van der Waals surface area (Å²) in [5, 5.41) is 2.90. The summed E-state index contributed by atoms with van der Waals surface area (Å²) in [6.07, 6.45) is 0.874. The average Bonchev–Trinajstić information content (AvgIpc) is 3.06. The Morgan fingerprint density at radius 3 is 2.13 bits per heavy atom.